The Morgan fingerprint density at radius 1 is 0.560 bits per heavy atom. The van der Waals surface area contributed by atoms with Crippen LogP contribution in [0.4, 0.5) is 21.2 Å². The summed E-state index contributed by atoms with van der Waals surface area (Å²) in [5.74, 6) is 0.532. The first-order chi connectivity index (χ1) is 35.5. The number of anilines is 2. The molecule has 0 spiro atoms. The summed E-state index contributed by atoms with van der Waals surface area (Å²) < 4.78 is 39.7. The first-order valence-electron chi connectivity index (χ1n) is 25.4. The minimum absolute atomic E-state index is 0.0621. The molecule has 6 heterocycles. The first-order valence-corrected chi connectivity index (χ1v) is 27.3. The molecular weight excluding hydrogens is 967 g/mol. The fourth-order valence-electron chi connectivity index (χ4n) is 9.31. The van der Waals surface area contributed by atoms with Crippen molar-refractivity contribution >= 4 is 33.7 Å². The highest BCUT2D eigenvalue weighted by molar-refractivity contribution is 7.90. The number of nitrogens with one attached hydrogen (secondary N) is 1. The number of piperidine rings is 2. The fraction of sp³-hybridized carbons (Fsp3) is 0.404. The molecule has 1 N–H and O–H groups in total. The van der Waals surface area contributed by atoms with Gasteiger partial charge >= 0.3 is 12.2 Å². The number of carbonyl (C=O) groups is 2. The molecule has 0 aliphatic carbocycles. The molecule has 2 fully saturated rings. The SMILES string of the molecule is Cc1ccc(-c2ncn(C3CCN(C(=O)OC(C)(C)C)CC3)c2-c2ccnc(Nc3cc(C)cc(C)c3)n2)cc1.Cc1ccc(-c2ncn(C3CCN(C(=O)OC(C)(C)C)CC3)c2-c2ccnc(S(C)(=O)=O)n2)cc1. The Kier molecular flexibility index (Phi) is 15.9. The molecule has 2 aliphatic heterocycles. The summed E-state index contributed by atoms with van der Waals surface area (Å²) in [7, 11) is -3.58. The molecule has 18 heteroatoms. The van der Waals surface area contributed by atoms with Crippen LogP contribution in [0.15, 0.2) is 109 Å². The van der Waals surface area contributed by atoms with Gasteiger partial charge in [-0.1, -0.05) is 65.7 Å². The number of imidazole rings is 2. The Labute approximate surface area is 440 Å². The molecular formula is C57H69N11O6S. The molecule has 0 bridgehead atoms. The van der Waals surface area contributed by atoms with Crippen molar-refractivity contribution in [2.24, 2.45) is 0 Å². The lowest BCUT2D eigenvalue weighted by Gasteiger charge is -2.34. The molecule has 2 amide bonds. The third-order valence-electron chi connectivity index (χ3n) is 12.8. The van der Waals surface area contributed by atoms with Gasteiger partial charge in [0.05, 0.1) is 46.8 Å². The van der Waals surface area contributed by atoms with Gasteiger partial charge in [-0.25, -0.2) is 47.9 Å². The van der Waals surface area contributed by atoms with Gasteiger partial charge in [-0.2, -0.15) is 0 Å². The van der Waals surface area contributed by atoms with Gasteiger partial charge in [-0.15, -0.1) is 0 Å². The van der Waals surface area contributed by atoms with E-state index >= 15 is 0 Å². The molecule has 3 aromatic carbocycles. The molecule has 0 unspecified atom stereocenters. The molecule has 9 rings (SSSR count). The standard InChI is InChI=1S/C32H38N6O2.C25H31N5O4S/c1-21-7-9-24(10-8-21)28-29(27-11-14-33-30(36-27)35-25-18-22(2)17-23(3)19-25)38(20-34-28)26-12-15-37(16-13-26)31(39)40-32(4,5)6;1-17-6-8-18(9-7-17)21-22(20-10-13-26-23(28-20)35(5,32)33)30(16-27-21)19-11-14-29(15-12-19)24(31)34-25(2,3)4/h7-11,14,17-20,26H,12-13,15-16H2,1-6H3,(H,33,35,36);6-10,13,16,19H,11-12,14-15H2,1-5H3. The summed E-state index contributed by atoms with van der Waals surface area (Å²) in [6.45, 7) is 21.9. The van der Waals surface area contributed by atoms with Crippen LogP contribution in [0.3, 0.4) is 0 Å². The second-order valence-corrected chi connectivity index (χ2v) is 23.5. The Morgan fingerprint density at radius 2 is 0.973 bits per heavy atom. The van der Waals surface area contributed by atoms with Crippen molar-refractivity contribution in [3.05, 3.63) is 126 Å². The van der Waals surface area contributed by atoms with Crippen molar-refractivity contribution in [3.63, 3.8) is 0 Å². The average Bonchev–Trinajstić information content (AvgIpc) is 4.00. The maximum absolute atomic E-state index is 12.7. The monoisotopic (exact) mass is 1040 g/mol. The predicted molar refractivity (Wildman–Crippen MR) is 291 cm³/mol. The summed E-state index contributed by atoms with van der Waals surface area (Å²) in [4.78, 5) is 56.1. The topological polar surface area (TPSA) is 192 Å². The molecule has 4 aromatic heterocycles. The number of hydrogen-bond donors (Lipinski definition) is 1. The Bertz CT molecular complexity index is 3230. The number of amides is 2. The van der Waals surface area contributed by atoms with Crippen LogP contribution in [-0.4, -0.2) is 113 Å². The van der Waals surface area contributed by atoms with Gasteiger partial charge in [0.2, 0.25) is 20.9 Å². The van der Waals surface area contributed by atoms with Crippen LogP contribution >= 0.6 is 0 Å². The van der Waals surface area contributed by atoms with E-state index in [1.807, 2.05) is 85.1 Å². The third kappa shape index (κ3) is 13.6. The average molecular weight is 1040 g/mol. The second kappa shape index (κ2) is 22.2. The Balaban J connectivity index is 0.000000201. The van der Waals surface area contributed by atoms with Crippen molar-refractivity contribution in [3.8, 4) is 45.3 Å². The minimum Gasteiger partial charge on any atom is -0.444 e. The van der Waals surface area contributed by atoms with Crippen molar-refractivity contribution in [1.29, 1.82) is 0 Å². The normalized spacial score (nSPS) is 14.8. The van der Waals surface area contributed by atoms with E-state index in [9.17, 15) is 18.0 Å². The second-order valence-electron chi connectivity index (χ2n) is 21.6. The van der Waals surface area contributed by atoms with E-state index in [2.05, 4.69) is 92.6 Å². The Morgan fingerprint density at radius 3 is 1.39 bits per heavy atom. The van der Waals surface area contributed by atoms with E-state index < -0.39 is 21.0 Å². The van der Waals surface area contributed by atoms with Gasteiger partial charge in [0.1, 0.15) is 11.2 Å². The van der Waals surface area contributed by atoms with Gasteiger partial charge < -0.3 is 33.7 Å². The molecule has 394 valence electrons. The van der Waals surface area contributed by atoms with E-state index in [4.69, 9.17) is 24.4 Å². The van der Waals surface area contributed by atoms with E-state index in [0.717, 1.165) is 69.9 Å². The number of likely N-dealkylation sites (tertiary alicyclic amines) is 2. The van der Waals surface area contributed by atoms with E-state index in [0.29, 0.717) is 50.7 Å². The van der Waals surface area contributed by atoms with Crippen LogP contribution in [-0.2, 0) is 19.3 Å². The maximum atomic E-state index is 12.7. The van der Waals surface area contributed by atoms with Crippen LogP contribution in [0.1, 0.15) is 102 Å². The molecule has 17 nitrogen and oxygen atoms in total. The van der Waals surface area contributed by atoms with Gasteiger partial charge in [-0.3, -0.25) is 0 Å². The van der Waals surface area contributed by atoms with Gasteiger partial charge in [0, 0.05) is 73.7 Å². The van der Waals surface area contributed by atoms with Gasteiger partial charge in [0.25, 0.3) is 0 Å². The van der Waals surface area contributed by atoms with Crippen LogP contribution in [0.5, 0.6) is 0 Å². The number of rotatable bonds is 9. The van der Waals surface area contributed by atoms with Gasteiger partial charge in [0.15, 0.2) is 0 Å². The molecule has 75 heavy (non-hydrogen) atoms. The zero-order chi connectivity index (χ0) is 53.8. The lowest BCUT2D eigenvalue weighted by atomic mass is 10.0. The summed E-state index contributed by atoms with van der Waals surface area (Å²) in [5, 5.41) is 3.16. The molecule has 2 aliphatic rings. The van der Waals surface area contributed by atoms with Crippen molar-refractivity contribution in [2.75, 3.05) is 37.8 Å². The van der Waals surface area contributed by atoms with Crippen molar-refractivity contribution in [2.45, 2.75) is 123 Å². The van der Waals surface area contributed by atoms with Crippen LogP contribution in [0.25, 0.3) is 45.3 Å². The lowest BCUT2D eigenvalue weighted by Crippen LogP contribution is -2.42. The van der Waals surface area contributed by atoms with Crippen molar-refractivity contribution in [1.82, 2.24) is 48.8 Å². The summed E-state index contributed by atoms with van der Waals surface area (Å²) in [6, 6.07) is 26.6. The zero-order valence-corrected chi connectivity index (χ0v) is 45.8. The number of nitrogens with zero attached hydrogens (tertiary/aromatic N) is 10. The highest BCUT2D eigenvalue weighted by atomic mass is 32.2. The number of ether oxygens (including phenoxy) is 2. The summed E-state index contributed by atoms with van der Waals surface area (Å²) >= 11 is 0. The van der Waals surface area contributed by atoms with E-state index in [1.54, 1.807) is 28.4 Å². The molecule has 2 saturated heterocycles. The Hall–Kier alpha value is -7.47. The number of carbonyl (C=O) groups excluding carboxylic acids is 2. The molecule has 0 atom stereocenters. The zero-order valence-electron chi connectivity index (χ0n) is 45.0. The van der Waals surface area contributed by atoms with Crippen LogP contribution in [0.2, 0.25) is 0 Å². The summed E-state index contributed by atoms with van der Waals surface area (Å²) in [5.41, 5.74) is 11.1. The lowest BCUT2D eigenvalue weighted by molar-refractivity contribution is 0.0178. The number of aryl methyl sites for hydroxylation is 4. The fourth-order valence-corrected chi connectivity index (χ4v) is 9.83. The molecule has 0 radical (unpaired) electrons. The van der Waals surface area contributed by atoms with Crippen LogP contribution in [0, 0.1) is 27.7 Å². The highest BCUT2D eigenvalue weighted by Crippen LogP contribution is 2.38. The largest absolute Gasteiger partial charge is 0.444 e. The minimum atomic E-state index is -3.58. The van der Waals surface area contributed by atoms with Gasteiger partial charge in [-0.05, 0) is 130 Å². The molecule has 0 saturated carbocycles. The van der Waals surface area contributed by atoms with E-state index in [-0.39, 0.29) is 29.4 Å². The third-order valence-corrected chi connectivity index (χ3v) is 13.7. The first kappa shape index (κ1) is 53.8. The number of aromatic nitrogens is 8. The number of hydrogen-bond acceptors (Lipinski definition) is 13. The van der Waals surface area contributed by atoms with E-state index in [1.165, 1.54) is 22.9 Å². The quantitative estimate of drug-likeness (QED) is 0.134. The molecule has 7 aromatic rings. The maximum Gasteiger partial charge on any atom is 0.410 e. The smallest absolute Gasteiger partial charge is 0.410 e. The summed E-state index contributed by atoms with van der Waals surface area (Å²) in [6.07, 6.45) is 10.5. The number of benzene rings is 3. The highest BCUT2D eigenvalue weighted by Gasteiger charge is 2.32. The van der Waals surface area contributed by atoms with Crippen LogP contribution < -0.4 is 5.32 Å². The van der Waals surface area contributed by atoms with Crippen molar-refractivity contribution < 1.29 is 27.5 Å². The number of sulfone groups is 1. The predicted octanol–water partition coefficient (Wildman–Crippen LogP) is 11.5.